The first-order valence-electron chi connectivity index (χ1n) is 4.43. The number of nitrogens with one attached hydrogen (secondary N) is 1. The van der Waals surface area contributed by atoms with Crippen LogP contribution in [0.15, 0.2) is 29.7 Å². The minimum Gasteiger partial charge on any atom is -0.477 e. The number of hydrogen-bond acceptors (Lipinski definition) is 5. The number of nitrogens with zero attached hydrogens (tertiary/aromatic N) is 3. The molecule has 0 fully saturated rings. The van der Waals surface area contributed by atoms with Crippen LogP contribution in [0, 0.1) is 0 Å². The largest absolute Gasteiger partial charge is 0.477 e. The molecule has 0 radical (unpaired) electrons. The van der Waals surface area contributed by atoms with E-state index in [0.29, 0.717) is 16.6 Å². The van der Waals surface area contributed by atoms with Gasteiger partial charge in [-0.1, -0.05) is 17.8 Å². The van der Waals surface area contributed by atoms with E-state index in [9.17, 15) is 4.79 Å². The second-order valence-corrected chi connectivity index (χ2v) is 3.86. The molecule has 82 valence electrons. The van der Waals surface area contributed by atoms with Crippen LogP contribution in [0.2, 0.25) is 0 Å². The highest BCUT2D eigenvalue weighted by atomic mass is 32.2. The van der Waals surface area contributed by atoms with Gasteiger partial charge in [0.1, 0.15) is 12.0 Å². The molecule has 16 heavy (non-hydrogen) atoms. The molecule has 0 spiro atoms. The first-order chi connectivity index (χ1) is 7.75. The highest BCUT2D eigenvalue weighted by Crippen LogP contribution is 2.16. The molecule has 0 aliphatic carbocycles. The SMILES string of the molecule is O=C(O)c1cccc(CSc2ncn[nH]2)n1. The first-order valence-corrected chi connectivity index (χ1v) is 5.41. The predicted molar refractivity (Wildman–Crippen MR) is 57.1 cm³/mol. The number of aromatic nitrogens is 4. The molecule has 6 nitrogen and oxygen atoms in total. The third-order valence-electron chi connectivity index (χ3n) is 1.78. The molecule has 2 heterocycles. The fourth-order valence-electron chi connectivity index (χ4n) is 1.09. The predicted octanol–water partition coefficient (Wildman–Crippen LogP) is 1.19. The third kappa shape index (κ3) is 2.57. The van der Waals surface area contributed by atoms with Crippen molar-refractivity contribution in [1.29, 1.82) is 0 Å². The summed E-state index contributed by atoms with van der Waals surface area (Å²) in [6.07, 6.45) is 1.42. The van der Waals surface area contributed by atoms with E-state index in [1.165, 1.54) is 24.2 Å². The van der Waals surface area contributed by atoms with Gasteiger partial charge < -0.3 is 5.11 Å². The molecule has 2 N–H and O–H groups in total. The lowest BCUT2D eigenvalue weighted by molar-refractivity contribution is 0.0690. The molecule has 0 aromatic carbocycles. The molecule has 0 saturated heterocycles. The zero-order valence-corrected chi connectivity index (χ0v) is 8.94. The third-order valence-corrected chi connectivity index (χ3v) is 2.69. The Labute approximate surface area is 95.1 Å². The van der Waals surface area contributed by atoms with Gasteiger partial charge in [-0.2, -0.15) is 5.10 Å². The van der Waals surface area contributed by atoms with Gasteiger partial charge in [-0.3, -0.25) is 5.10 Å². The van der Waals surface area contributed by atoms with Crippen molar-refractivity contribution in [1.82, 2.24) is 20.2 Å². The molecule has 0 aliphatic heterocycles. The maximum atomic E-state index is 10.7. The topological polar surface area (TPSA) is 91.8 Å². The van der Waals surface area contributed by atoms with Gasteiger partial charge in [0.2, 0.25) is 0 Å². The summed E-state index contributed by atoms with van der Waals surface area (Å²) in [6, 6.07) is 4.91. The number of hydrogen-bond donors (Lipinski definition) is 2. The van der Waals surface area contributed by atoms with E-state index >= 15 is 0 Å². The van der Waals surface area contributed by atoms with Gasteiger partial charge in [0.25, 0.3) is 0 Å². The zero-order chi connectivity index (χ0) is 11.4. The number of carboxylic acid groups (broad SMARTS) is 1. The van der Waals surface area contributed by atoms with E-state index < -0.39 is 5.97 Å². The van der Waals surface area contributed by atoms with E-state index in [1.807, 2.05) is 0 Å². The van der Waals surface area contributed by atoms with Crippen molar-refractivity contribution in [3.63, 3.8) is 0 Å². The van der Waals surface area contributed by atoms with Gasteiger partial charge in [0, 0.05) is 5.75 Å². The number of carbonyl (C=O) groups is 1. The Morgan fingerprint density at radius 3 is 3.06 bits per heavy atom. The Morgan fingerprint density at radius 2 is 2.38 bits per heavy atom. The van der Waals surface area contributed by atoms with Crippen LogP contribution >= 0.6 is 11.8 Å². The van der Waals surface area contributed by atoms with Crippen molar-refractivity contribution < 1.29 is 9.90 Å². The van der Waals surface area contributed by atoms with Crippen molar-refractivity contribution >= 4 is 17.7 Å². The van der Waals surface area contributed by atoms with Crippen molar-refractivity contribution in [2.45, 2.75) is 10.9 Å². The van der Waals surface area contributed by atoms with Crippen molar-refractivity contribution in [3.05, 3.63) is 35.9 Å². The van der Waals surface area contributed by atoms with Crippen LogP contribution in [0.3, 0.4) is 0 Å². The van der Waals surface area contributed by atoms with E-state index in [-0.39, 0.29) is 5.69 Å². The summed E-state index contributed by atoms with van der Waals surface area (Å²) in [5.41, 5.74) is 0.747. The molecule has 2 rings (SSSR count). The van der Waals surface area contributed by atoms with Crippen LogP contribution in [0.25, 0.3) is 0 Å². The van der Waals surface area contributed by atoms with Crippen LogP contribution in [0.5, 0.6) is 0 Å². The Kier molecular flexibility index (Phi) is 3.16. The lowest BCUT2D eigenvalue weighted by Crippen LogP contribution is -2.01. The molecule has 2 aromatic heterocycles. The van der Waals surface area contributed by atoms with E-state index in [0.717, 1.165) is 0 Å². The number of aromatic amines is 1. The van der Waals surface area contributed by atoms with E-state index in [2.05, 4.69) is 20.2 Å². The number of carboxylic acids is 1. The average Bonchev–Trinajstić information content (AvgIpc) is 2.79. The summed E-state index contributed by atoms with van der Waals surface area (Å²) in [4.78, 5) is 18.6. The van der Waals surface area contributed by atoms with Crippen molar-refractivity contribution in [3.8, 4) is 0 Å². The molecule has 0 amide bonds. The molecule has 7 heteroatoms. The number of aromatic carboxylic acids is 1. The number of pyridine rings is 1. The van der Waals surface area contributed by atoms with Crippen molar-refractivity contribution in [2.24, 2.45) is 0 Å². The Balaban J connectivity index is 2.04. The molecular formula is C9H8N4O2S. The van der Waals surface area contributed by atoms with Crippen LogP contribution in [-0.4, -0.2) is 31.2 Å². The fraction of sp³-hybridized carbons (Fsp3) is 0.111. The maximum absolute atomic E-state index is 10.7. The Morgan fingerprint density at radius 1 is 1.50 bits per heavy atom. The van der Waals surface area contributed by atoms with E-state index in [4.69, 9.17) is 5.11 Å². The summed E-state index contributed by atoms with van der Waals surface area (Å²) in [6.45, 7) is 0. The standard InChI is InChI=1S/C9H8N4O2S/c14-8(15)7-3-1-2-6(12-7)4-16-9-10-5-11-13-9/h1-3,5H,4H2,(H,14,15)(H,10,11,13). The first kappa shape index (κ1) is 10.6. The van der Waals surface area contributed by atoms with Gasteiger partial charge in [0.05, 0.1) is 5.69 Å². The Hall–Kier alpha value is -1.89. The summed E-state index contributed by atoms with van der Waals surface area (Å²) < 4.78 is 0. The fourth-order valence-corrected chi connectivity index (χ4v) is 1.77. The molecule has 0 atom stereocenters. The minimum atomic E-state index is -1.02. The number of rotatable bonds is 4. The summed E-state index contributed by atoms with van der Waals surface area (Å²) in [5, 5.41) is 15.9. The molecule has 0 bridgehead atoms. The van der Waals surface area contributed by atoms with Crippen LogP contribution in [0.1, 0.15) is 16.2 Å². The highest BCUT2D eigenvalue weighted by molar-refractivity contribution is 7.98. The van der Waals surface area contributed by atoms with Gasteiger partial charge in [-0.05, 0) is 12.1 Å². The molecular weight excluding hydrogens is 228 g/mol. The van der Waals surface area contributed by atoms with Crippen LogP contribution < -0.4 is 0 Å². The molecule has 0 aliphatic rings. The second kappa shape index (κ2) is 4.75. The van der Waals surface area contributed by atoms with Gasteiger partial charge in [0.15, 0.2) is 5.16 Å². The van der Waals surface area contributed by atoms with Gasteiger partial charge >= 0.3 is 5.97 Å². The van der Waals surface area contributed by atoms with Crippen LogP contribution in [0.4, 0.5) is 0 Å². The minimum absolute atomic E-state index is 0.0515. The summed E-state index contributed by atoms with van der Waals surface area (Å²) in [5.74, 6) is -0.470. The summed E-state index contributed by atoms with van der Waals surface area (Å²) >= 11 is 1.42. The lowest BCUT2D eigenvalue weighted by atomic mass is 10.3. The average molecular weight is 236 g/mol. The lowest BCUT2D eigenvalue weighted by Gasteiger charge is -1.99. The maximum Gasteiger partial charge on any atom is 0.354 e. The van der Waals surface area contributed by atoms with Gasteiger partial charge in [-0.15, -0.1) is 0 Å². The molecule has 2 aromatic rings. The smallest absolute Gasteiger partial charge is 0.354 e. The van der Waals surface area contributed by atoms with E-state index in [1.54, 1.807) is 12.1 Å². The normalized spacial score (nSPS) is 10.2. The monoisotopic (exact) mass is 236 g/mol. The second-order valence-electron chi connectivity index (χ2n) is 2.90. The number of thioether (sulfide) groups is 1. The molecule has 0 saturated carbocycles. The van der Waals surface area contributed by atoms with Crippen molar-refractivity contribution in [2.75, 3.05) is 0 Å². The number of H-pyrrole nitrogens is 1. The van der Waals surface area contributed by atoms with Gasteiger partial charge in [-0.25, -0.2) is 14.8 Å². The quantitative estimate of drug-likeness (QED) is 0.775. The summed E-state index contributed by atoms with van der Waals surface area (Å²) in [7, 11) is 0. The zero-order valence-electron chi connectivity index (χ0n) is 8.12. The molecule has 0 unspecified atom stereocenters. The van der Waals surface area contributed by atoms with Crippen LogP contribution in [-0.2, 0) is 5.75 Å². The Bertz CT molecular complexity index is 486. The highest BCUT2D eigenvalue weighted by Gasteiger charge is 2.05.